The number of benzene rings is 1. The highest BCUT2D eigenvalue weighted by molar-refractivity contribution is 8.00. The minimum atomic E-state index is -0.616. The van der Waals surface area contributed by atoms with Gasteiger partial charge in [-0.05, 0) is 6.42 Å². The standard InChI is InChI=1S/C16H18F2N2O2S/c1-2-11-5-20(15(21)22-11)10-3-12(17)14(13(18)4-10)19-6-16(7-19)8-23-9-16/h3-4,11H,2,5-9H2,1H3/t11-/m0/s1. The van der Waals surface area contributed by atoms with Crippen LogP contribution in [0.4, 0.5) is 25.0 Å². The third-order valence-electron chi connectivity index (χ3n) is 4.83. The second kappa shape index (κ2) is 5.26. The van der Waals surface area contributed by atoms with Gasteiger partial charge >= 0.3 is 6.09 Å². The van der Waals surface area contributed by atoms with Crippen LogP contribution in [-0.2, 0) is 4.74 Å². The first kappa shape index (κ1) is 15.1. The van der Waals surface area contributed by atoms with Crippen molar-refractivity contribution in [2.45, 2.75) is 19.4 Å². The zero-order chi connectivity index (χ0) is 16.2. The molecule has 1 amide bonds. The molecule has 0 unspecified atom stereocenters. The second-order valence-corrected chi connectivity index (χ2v) is 7.62. The summed E-state index contributed by atoms with van der Waals surface area (Å²) in [7, 11) is 0. The molecular formula is C16H18F2N2O2S. The molecule has 3 aliphatic heterocycles. The normalized spacial score (nSPS) is 25.3. The molecule has 3 saturated heterocycles. The number of carbonyl (C=O) groups excluding carboxylic acids is 1. The fraction of sp³-hybridized carbons (Fsp3) is 0.562. The van der Waals surface area contributed by atoms with Crippen LogP contribution in [0.5, 0.6) is 0 Å². The number of anilines is 2. The van der Waals surface area contributed by atoms with Gasteiger partial charge in [-0.1, -0.05) is 6.92 Å². The molecule has 124 valence electrons. The second-order valence-electron chi connectivity index (χ2n) is 6.63. The van der Waals surface area contributed by atoms with E-state index >= 15 is 0 Å². The maximum atomic E-state index is 14.4. The van der Waals surface area contributed by atoms with Gasteiger partial charge in [0, 0.05) is 42.1 Å². The summed E-state index contributed by atoms with van der Waals surface area (Å²) in [6, 6.07) is 2.47. The lowest BCUT2D eigenvalue weighted by atomic mass is 9.82. The smallest absolute Gasteiger partial charge is 0.414 e. The van der Waals surface area contributed by atoms with Crippen molar-refractivity contribution in [2.75, 3.05) is 40.9 Å². The van der Waals surface area contributed by atoms with E-state index < -0.39 is 17.7 Å². The zero-order valence-electron chi connectivity index (χ0n) is 12.8. The summed E-state index contributed by atoms with van der Waals surface area (Å²) >= 11 is 1.87. The van der Waals surface area contributed by atoms with Gasteiger partial charge in [-0.15, -0.1) is 0 Å². The van der Waals surface area contributed by atoms with Crippen molar-refractivity contribution in [3.05, 3.63) is 23.8 Å². The van der Waals surface area contributed by atoms with E-state index in [2.05, 4.69) is 0 Å². The Hall–Kier alpha value is -1.50. The fourth-order valence-electron chi connectivity index (χ4n) is 3.45. The monoisotopic (exact) mass is 340 g/mol. The number of nitrogens with zero attached hydrogens (tertiary/aromatic N) is 2. The van der Waals surface area contributed by atoms with E-state index in [1.165, 1.54) is 17.0 Å². The van der Waals surface area contributed by atoms with Gasteiger partial charge in [-0.25, -0.2) is 13.6 Å². The van der Waals surface area contributed by atoms with Gasteiger partial charge in [0.2, 0.25) is 0 Å². The molecule has 0 N–H and O–H groups in total. The summed E-state index contributed by atoms with van der Waals surface area (Å²) in [5, 5.41) is 0. The van der Waals surface area contributed by atoms with Gasteiger partial charge in [-0.3, -0.25) is 4.90 Å². The molecule has 23 heavy (non-hydrogen) atoms. The SMILES string of the molecule is CC[C@H]1CN(c2cc(F)c(N3CC4(CSC4)C3)c(F)c2)C(=O)O1. The molecule has 0 saturated carbocycles. The summed E-state index contributed by atoms with van der Waals surface area (Å²) in [5.41, 5.74) is 0.505. The molecule has 0 aromatic heterocycles. The van der Waals surface area contributed by atoms with Crippen molar-refractivity contribution in [3.63, 3.8) is 0 Å². The number of hydrogen-bond acceptors (Lipinski definition) is 4. The van der Waals surface area contributed by atoms with Crippen LogP contribution in [-0.4, -0.2) is 43.3 Å². The molecule has 4 rings (SSSR count). The van der Waals surface area contributed by atoms with Crippen molar-refractivity contribution in [1.29, 1.82) is 0 Å². The molecule has 1 aromatic rings. The van der Waals surface area contributed by atoms with Crippen molar-refractivity contribution in [2.24, 2.45) is 5.41 Å². The van der Waals surface area contributed by atoms with Gasteiger partial charge in [0.1, 0.15) is 11.8 Å². The Morgan fingerprint density at radius 1 is 1.30 bits per heavy atom. The molecule has 4 nitrogen and oxygen atoms in total. The number of carbonyl (C=O) groups is 1. The van der Waals surface area contributed by atoms with Crippen LogP contribution in [0.1, 0.15) is 13.3 Å². The fourth-order valence-corrected chi connectivity index (χ4v) is 4.60. The Labute approximate surface area is 137 Å². The number of rotatable bonds is 3. The van der Waals surface area contributed by atoms with E-state index in [9.17, 15) is 13.6 Å². The van der Waals surface area contributed by atoms with Crippen LogP contribution in [0, 0.1) is 17.0 Å². The lowest BCUT2D eigenvalue weighted by molar-refractivity contribution is 0.139. The Kier molecular flexibility index (Phi) is 3.44. The molecule has 1 aromatic carbocycles. The van der Waals surface area contributed by atoms with E-state index in [1.54, 1.807) is 4.90 Å². The van der Waals surface area contributed by atoms with Crippen LogP contribution < -0.4 is 9.80 Å². The molecular weight excluding hydrogens is 322 g/mol. The average molecular weight is 340 g/mol. The number of halogens is 2. The minimum Gasteiger partial charge on any atom is -0.444 e. The molecule has 1 spiro atoms. The lowest BCUT2D eigenvalue weighted by Crippen LogP contribution is -2.63. The Morgan fingerprint density at radius 3 is 2.43 bits per heavy atom. The first-order valence-corrected chi connectivity index (χ1v) is 8.97. The van der Waals surface area contributed by atoms with Gasteiger partial charge in [0.15, 0.2) is 11.6 Å². The highest BCUT2D eigenvalue weighted by Gasteiger charge is 2.49. The molecule has 0 radical (unpaired) electrons. The number of amides is 1. The van der Waals surface area contributed by atoms with E-state index in [4.69, 9.17) is 4.74 Å². The van der Waals surface area contributed by atoms with E-state index in [0.29, 0.717) is 26.1 Å². The highest BCUT2D eigenvalue weighted by atomic mass is 32.2. The number of ether oxygens (including phenoxy) is 1. The first-order chi connectivity index (χ1) is 11.0. The Balaban J connectivity index is 1.56. The first-order valence-electron chi connectivity index (χ1n) is 7.81. The average Bonchev–Trinajstić information content (AvgIpc) is 2.79. The van der Waals surface area contributed by atoms with Crippen molar-refractivity contribution in [3.8, 4) is 0 Å². The van der Waals surface area contributed by atoms with E-state index in [-0.39, 0.29) is 22.9 Å². The van der Waals surface area contributed by atoms with Crippen molar-refractivity contribution < 1.29 is 18.3 Å². The summed E-state index contributed by atoms with van der Waals surface area (Å²) < 4.78 is 34.0. The number of cyclic esters (lactones) is 1. The highest BCUT2D eigenvalue weighted by Crippen LogP contribution is 2.48. The predicted octanol–water partition coefficient (Wildman–Crippen LogP) is 3.25. The largest absolute Gasteiger partial charge is 0.444 e. The maximum Gasteiger partial charge on any atom is 0.414 e. The number of thioether (sulfide) groups is 1. The van der Waals surface area contributed by atoms with Crippen LogP contribution in [0.2, 0.25) is 0 Å². The van der Waals surface area contributed by atoms with Gasteiger partial charge < -0.3 is 9.64 Å². The molecule has 3 aliphatic rings. The van der Waals surface area contributed by atoms with Crippen molar-refractivity contribution >= 4 is 29.2 Å². The van der Waals surface area contributed by atoms with Crippen LogP contribution in [0.15, 0.2) is 12.1 Å². The van der Waals surface area contributed by atoms with Crippen LogP contribution >= 0.6 is 11.8 Å². The quantitative estimate of drug-likeness (QED) is 0.846. The van der Waals surface area contributed by atoms with Gasteiger partial charge in [-0.2, -0.15) is 11.8 Å². The maximum absolute atomic E-state index is 14.4. The molecule has 3 fully saturated rings. The molecule has 0 aliphatic carbocycles. The van der Waals surface area contributed by atoms with Crippen LogP contribution in [0.25, 0.3) is 0 Å². The molecule has 7 heteroatoms. The number of hydrogen-bond donors (Lipinski definition) is 0. The van der Waals surface area contributed by atoms with Gasteiger partial charge in [0.25, 0.3) is 0 Å². The Morgan fingerprint density at radius 2 is 1.96 bits per heavy atom. The van der Waals surface area contributed by atoms with E-state index in [1.807, 2.05) is 18.7 Å². The summed E-state index contributed by atoms with van der Waals surface area (Å²) in [6.07, 6.45) is -0.0865. The third-order valence-corrected chi connectivity index (χ3v) is 6.46. The lowest BCUT2D eigenvalue weighted by Gasteiger charge is -2.56. The molecule has 3 heterocycles. The predicted molar refractivity (Wildman–Crippen MR) is 86.2 cm³/mol. The summed E-state index contributed by atoms with van der Waals surface area (Å²) in [4.78, 5) is 14.9. The molecule has 1 atom stereocenters. The summed E-state index contributed by atoms with van der Waals surface area (Å²) in [6.45, 7) is 3.65. The molecule has 0 bridgehead atoms. The third kappa shape index (κ3) is 2.36. The minimum absolute atomic E-state index is 0.0240. The van der Waals surface area contributed by atoms with Crippen molar-refractivity contribution in [1.82, 2.24) is 0 Å². The van der Waals surface area contributed by atoms with Gasteiger partial charge in [0.05, 0.1) is 12.2 Å². The van der Waals surface area contributed by atoms with E-state index in [0.717, 1.165) is 11.5 Å². The topological polar surface area (TPSA) is 32.8 Å². The van der Waals surface area contributed by atoms with Crippen LogP contribution in [0.3, 0.4) is 0 Å². The Bertz CT molecular complexity index is 634. The zero-order valence-corrected chi connectivity index (χ0v) is 13.7. The summed E-state index contributed by atoms with van der Waals surface area (Å²) in [5.74, 6) is 0.912.